The quantitative estimate of drug-likeness (QED) is 0.381. The van der Waals surface area contributed by atoms with Crippen molar-refractivity contribution >= 4 is 28.9 Å². The summed E-state index contributed by atoms with van der Waals surface area (Å²) in [5, 5.41) is 15.4. The number of hydrogen-bond donors (Lipinski definition) is 2. The average molecular weight is 507 g/mol. The molecule has 2 aliphatic carbocycles. The zero-order valence-corrected chi connectivity index (χ0v) is 22.2. The number of hydrogen-bond acceptors (Lipinski definition) is 8. The van der Waals surface area contributed by atoms with Crippen molar-refractivity contribution in [3.63, 3.8) is 0 Å². The minimum Gasteiger partial charge on any atom is -0.460 e. The van der Waals surface area contributed by atoms with E-state index in [1.807, 2.05) is 39.2 Å². The Balaban J connectivity index is 1.29. The van der Waals surface area contributed by atoms with Crippen LogP contribution in [0.25, 0.3) is 10.4 Å². The Morgan fingerprint density at radius 3 is 2.58 bits per heavy atom. The Bertz CT molecular complexity index is 1250. The van der Waals surface area contributed by atoms with Crippen molar-refractivity contribution in [3.05, 3.63) is 52.9 Å². The van der Waals surface area contributed by atoms with E-state index in [0.29, 0.717) is 42.6 Å². The number of benzene rings is 1. The molecule has 0 saturated heterocycles. The van der Waals surface area contributed by atoms with Crippen LogP contribution in [0.1, 0.15) is 81.5 Å². The Morgan fingerprint density at radius 1 is 1.14 bits per heavy atom. The topological polar surface area (TPSA) is 97.2 Å². The number of anilines is 2. The smallest absolute Gasteiger partial charge is 0.309 e. The van der Waals surface area contributed by atoms with Gasteiger partial charge in [0, 0.05) is 29.7 Å². The summed E-state index contributed by atoms with van der Waals surface area (Å²) in [6.45, 7) is 7.70. The lowest BCUT2D eigenvalue weighted by Crippen LogP contribution is -2.36. The maximum atomic E-state index is 12.5. The summed E-state index contributed by atoms with van der Waals surface area (Å²) in [4.78, 5) is 27.1. The van der Waals surface area contributed by atoms with Gasteiger partial charge in [0.25, 0.3) is 0 Å². The second-order valence-corrected chi connectivity index (χ2v) is 12.2. The standard InChI is InChI=1S/C28H34N4O3S/c1-17-13-20(15-21(14-17)31-26-29-12-9-22(32-26)18-5-6-18)23-16-30-25(36-23)28(34)10-7-19(8-11-28)24(33)35-27(2,3)4/h9,12-16,18-19,34H,5-8,10-11H2,1-4H3,(H,29,31,32)/t19-,28+. The van der Waals surface area contributed by atoms with Crippen molar-refractivity contribution in [3.8, 4) is 10.4 Å². The van der Waals surface area contributed by atoms with Crippen LogP contribution in [0, 0.1) is 12.8 Å². The second-order valence-electron chi connectivity index (χ2n) is 11.2. The molecule has 0 bridgehead atoms. The molecular weight excluding hydrogens is 472 g/mol. The Kier molecular flexibility index (Phi) is 6.59. The molecule has 1 aromatic carbocycles. The van der Waals surface area contributed by atoms with E-state index in [1.54, 1.807) is 0 Å². The number of thiazole rings is 1. The molecule has 2 saturated carbocycles. The molecule has 2 fully saturated rings. The molecule has 2 aliphatic rings. The highest BCUT2D eigenvalue weighted by Crippen LogP contribution is 2.43. The molecule has 0 spiro atoms. The first-order valence-corrected chi connectivity index (χ1v) is 13.5. The summed E-state index contributed by atoms with van der Waals surface area (Å²) in [7, 11) is 0. The molecule has 8 heteroatoms. The molecule has 0 atom stereocenters. The van der Waals surface area contributed by atoms with Gasteiger partial charge in [0.15, 0.2) is 0 Å². The molecule has 5 rings (SSSR count). The van der Waals surface area contributed by atoms with Gasteiger partial charge < -0.3 is 15.2 Å². The number of esters is 1. The zero-order valence-electron chi connectivity index (χ0n) is 21.4. The van der Waals surface area contributed by atoms with Crippen molar-refractivity contribution < 1.29 is 14.6 Å². The van der Waals surface area contributed by atoms with Crippen LogP contribution in [-0.4, -0.2) is 31.6 Å². The molecule has 0 radical (unpaired) electrons. The molecule has 7 nitrogen and oxygen atoms in total. The summed E-state index contributed by atoms with van der Waals surface area (Å²) >= 11 is 1.51. The van der Waals surface area contributed by atoms with Gasteiger partial charge in [-0.3, -0.25) is 4.79 Å². The molecule has 0 aliphatic heterocycles. The molecule has 2 heterocycles. The monoisotopic (exact) mass is 506 g/mol. The van der Waals surface area contributed by atoms with E-state index in [0.717, 1.165) is 27.4 Å². The van der Waals surface area contributed by atoms with Gasteiger partial charge in [-0.15, -0.1) is 11.3 Å². The molecule has 3 aromatic rings. The van der Waals surface area contributed by atoms with E-state index >= 15 is 0 Å². The number of aromatic nitrogens is 3. The van der Waals surface area contributed by atoms with E-state index in [4.69, 9.17) is 4.74 Å². The van der Waals surface area contributed by atoms with Gasteiger partial charge in [-0.1, -0.05) is 6.07 Å². The van der Waals surface area contributed by atoms with Gasteiger partial charge in [-0.2, -0.15) is 0 Å². The number of aliphatic hydroxyl groups is 1. The van der Waals surface area contributed by atoms with Crippen molar-refractivity contribution in [1.29, 1.82) is 0 Å². The number of carbonyl (C=O) groups is 1. The van der Waals surface area contributed by atoms with Crippen molar-refractivity contribution in [1.82, 2.24) is 15.0 Å². The number of nitrogens with one attached hydrogen (secondary N) is 1. The van der Waals surface area contributed by atoms with Crippen LogP contribution in [0.3, 0.4) is 0 Å². The van der Waals surface area contributed by atoms with Crippen molar-refractivity contribution in [2.45, 2.75) is 83.3 Å². The van der Waals surface area contributed by atoms with Gasteiger partial charge in [-0.25, -0.2) is 15.0 Å². The van der Waals surface area contributed by atoms with Crippen molar-refractivity contribution in [2.24, 2.45) is 5.92 Å². The van der Waals surface area contributed by atoms with E-state index in [9.17, 15) is 9.90 Å². The third-order valence-electron chi connectivity index (χ3n) is 6.75. The van der Waals surface area contributed by atoms with Gasteiger partial charge in [0.1, 0.15) is 16.2 Å². The predicted molar refractivity (Wildman–Crippen MR) is 141 cm³/mol. The lowest BCUT2D eigenvalue weighted by Gasteiger charge is -2.34. The highest BCUT2D eigenvalue weighted by atomic mass is 32.1. The Morgan fingerprint density at radius 2 is 1.89 bits per heavy atom. The lowest BCUT2D eigenvalue weighted by atomic mass is 9.79. The van der Waals surface area contributed by atoms with Gasteiger partial charge in [0.2, 0.25) is 5.95 Å². The average Bonchev–Trinajstić information content (AvgIpc) is 3.54. The van der Waals surface area contributed by atoms with Crippen LogP contribution < -0.4 is 5.32 Å². The van der Waals surface area contributed by atoms with Gasteiger partial charge in [0.05, 0.1) is 10.8 Å². The van der Waals surface area contributed by atoms with E-state index in [-0.39, 0.29) is 11.9 Å². The van der Waals surface area contributed by atoms with Crippen LogP contribution in [-0.2, 0) is 15.1 Å². The minimum absolute atomic E-state index is 0.171. The van der Waals surface area contributed by atoms with Crippen LogP contribution >= 0.6 is 11.3 Å². The Hall–Kier alpha value is -2.84. The highest BCUT2D eigenvalue weighted by molar-refractivity contribution is 7.15. The lowest BCUT2D eigenvalue weighted by molar-refractivity contribution is -0.163. The van der Waals surface area contributed by atoms with Crippen molar-refractivity contribution in [2.75, 3.05) is 5.32 Å². The number of aryl methyl sites for hydroxylation is 1. The molecule has 36 heavy (non-hydrogen) atoms. The van der Waals surface area contributed by atoms with Gasteiger partial charge >= 0.3 is 5.97 Å². The fraction of sp³-hybridized carbons (Fsp3) is 0.500. The van der Waals surface area contributed by atoms with E-state index < -0.39 is 11.2 Å². The maximum Gasteiger partial charge on any atom is 0.309 e. The fourth-order valence-electron chi connectivity index (χ4n) is 4.72. The number of rotatable bonds is 6. The van der Waals surface area contributed by atoms with Gasteiger partial charge in [-0.05, 0) is 95.5 Å². The third kappa shape index (κ3) is 5.76. The van der Waals surface area contributed by atoms with Crippen LogP contribution in [0.15, 0.2) is 36.7 Å². The summed E-state index contributed by atoms with van der Waals surface area (Å²) in [6, 6.07) is 8.26. The predicted octanol–water partition coefficient (Wildman–Crippen LogP) is 6.25. The normalized spacial score (nSPS) is 22.3. The summed E-state index contributed by atoms with van der Waals surface area (Å²) < 4.78 is 5.55. The summed E-state index contributed by atoms with van der Waals surface area (Å²) in [6.07, 6.45) is 8.24. The molecular formula is C28H34N4O3S. The first-order chi connectivity index (χ1) is 17.1. The fourth-order valence-corrected chi connectivity index (χ4v) is 5.77. The largest absolute Gasteiger partial charge is 0.460 e. The van der Waals surface area contributed by atoms with E-state index in [1.165, 1.54) is 24.2 Å². The van der Waals surface area contributed by atoms with Crippen LogP contribution in [0.2, 0.25) is 0 Å². The number of ether oxygens (including phenoxy) is 1. The summed E-state index contributed by atoms with van der Waals surface area (Å²) in [5.74, 6) is 0.838. The van der Waals surface area contributed by atoms with E-state index in [2.05, 4.69) is 45.4 Å². The number of nitrogens with zero attached hydrogens (tertiary/aromatic N) is 3. The molecule has 0 unspecified atom stereocenters. The third-order valence-corrected chi connectivity index (χ3v) is 7.99. The first kappa shape index (κ1) is 24.8. The number of carbonyl (C=O) groups excluding carboxylic acids is 1. The minimum atomic E-state index is -1.01. The van der Waals surface area contributed by atoms with Crippen LogP contribution in [0.5, 0.6) is 0 Å². The molecule has 2 aromatic heterocycles. The Labute approximate surface area is 216 Å². The molecule has 2 N–H and O–H groups in total. The highest BCUT2D eigenvalue weighted by Gasteiger charge is 2.40. The molecule has 0 amide bonds. The maximum absolute atomic E-state index is 12.5. The SMILES string of the molecule is Cc1cc(Nc2nccc(C3CC3)n2)cc(-c2cnc([C@]3(O)CC[C@@H](C(=O)OC(C)(C)C)CC3)s2)c1. The second kappa shape index (κ2) is 9.56. The first-order valence-electron chi connectivity index (χ1n) is 12.7. The van der Waals surface area contributed by atoms with Crippen LogP contribution in [0.4, 0.5) is 11.6 Å². The zero-order chi connectivity index (χ0) is 25.5. The molecule has 190 valence electrons. The summed E-state index contributed by atoms with van der Waals surface area (Å²) in [5.41, 5.74) is 2.66.